The first-order chi connectivity index (χ1) is 29.7. The van der Waals surface area contributed by atoms with Gasteiger partial charge in [-0.15, -0.1) is 0 Å². The number of furan rings is 1. The van der Waals surface area contributed by atoms with Crippen molar-refractivity contribution in [3.8, 4) is 44.5 Å². The van der Waals surface area contributed by atoms with Crippen LogP contribution in [-0.4, -0.2) is 0 Å². The maximum absolute atomic E-state index is 9.24. The molecule has 0 aliphatic carbocycles. The molecule has 0 saturated heterocycles. The van der Waals surface area contributed by atoms with Crippen molar-refractivity contribution in [3.05, 3.63) is 182 Å². The first-order valence-corrected chi connectivity index (χ1v) is 15.8. The summed E-state index contributed by atoms with van der Waals surface area (Å²) in [6, 6.07) is 25.2. The molecule has 0 bridgehead atoms. The summed E-state index contributed by atoms with van der Waals surface area (Å²) in [5.74, 6) is 0. The molecular formula is C48H30O. The van der Waals surface area contributed by atoms with Crippen LogP contribution in [0.15, 0.2) is 186 Å². The monoisotopic (exact) mass is 635 g/mol. The Hall–Kier alpha value is -6.44. The van der Waals surface area contributed by atoms with Gasteiger partial charge in [-0.1, -0.05) is 157 Å². The summed E-state index contributed by atoms with van der Waals surface area (Å²) in [5, 5.41) is 2.80. The lowest BCUT2D eigenvalue weighted by molar-refractivity contribution is 0.670. The summed E-state index contributed by atoms with van der Waals surface area (Å²) >= 11 is 0. The molecule has 9 aromatic carbocycles. The van der Waals surface area contributed by atoms with Crippen LogP contribution in [0, 0.1) is 0 Å². The normalized spacial score (nSPS) is 15.4. The zero-order chi connectivity index (χ0) is 43.6. The highest BCUT2D eigenvalue weighted by Crippen LogP contribution is 2.44. The van der Waals surface area contributed by atoms with Gasteiger partial charge in [0.15, 0.2) is 0 Å². The molecule has 0 aliphatic rings. The van der Waals surface area contributed by atoms with Crippen molar-refractivity contribution in [2.24, 2.45) is 0 Å². The Morgan fingerprint density at radius 2 is 0.939 bits per heavy atom. The fourth-order valence-corrected chi connectivity index (χ4v) is 6.94. The van der Waals surface area contributed by atoms with E-state index in [-0.39, 0.29) is 32.7 Å². The van der Waals surface area contributed by atoms with Crippen LogP contribution in [-0.2, 0) is 0 Å². The van der Waals surface area contributed by atoms with E-state index in [1.54, 1.807) is 12.1 Å². The maximum atomic E-state index is 9.24. The lowest BCUT2D eigenvalue weighted by Gasteiger charge is -2.18. The molecule has 1 aromatic heterocycles. The summed E-state index contributed by atoms with van der Waals surface area (Å²) in [5.41, 5.74) is 5.10. The molecule has 0 atom stereocenters. The lowest BCUT2D eigenvalue weighted by atomic mass is 9.85. The second-order valence-electron chi connectivity index (χ2n) is 11.9. The highest BCUT2D eigenvalue weighted by atomic mass is 16.3. The molecule has 0 saturated carbocycles. The van der Waals surface area contributed by atoms with Crippen molar-refractivity contribution in [2.75, 3.05) is 0 Å². The first-order valence-electron chi connectivity index (χ1n) is 22.3. The van der Waals surface area contributed by atoms with Gasteiger partial charge in [0.25, 0.3) is 0 Å². The molecule has 49 heavy (non-hydrogen) atoms. The van der Waals surface area contributed by atoms with E-state index in [1.807, 2.05) is 78.9 Å². The minimum absolute atomic E-state index is 0.0845. The van der Waals surface area contributed by atoms with Gasteiger partial charge in [0.2, 0.25) is 0 Å². The second kappa shape index (κ2) is 11.1. The second-order valence-corrected chi connectivity index (χ2v) is 11.9. The largest absolute Gasteiger partial charge is 0.455 e. The standard InChI is InChI=1S/C48H30O/c1-3-12-31(13-4-1)38-20-11-21-44-39-27-26-36(30-45(39)49-48(38)44)34-22-23-35-29-37(25-24-33(35)28-34)47-42-18-9-7-16-40(42)46(32-14-5-2-6-15-32)41-17-8-10-19-43(41)47/h1-30H/i2D,5D,6D,7D,8D,9D,10D,14D,15D,16D,17D,18D,19D. The van der Waals surface area contributed by atoms with Gasteiger partial charge in [-0.25, -0.2) is 0 Å². The quantitative estimate of drug-likeness (QED) is 0.175. The van der Waals surface area contributed by atoms with Gasteiger partial charge in [0, 0.05) is 16.3 Å². The molecule has 0 fully saturated rings. The van der Waals surface area contributed by atoms with E-state index in [1.165, 1.54) is 0 Å². The number of fused-ring (bicyclic) bond motifs is 6. The van der Waals surface area contributed by atoms with E-state index in [2.05, 4.69) is 12.1 Å². The minimum Gasteiger partial charge on any atom is -0.455 e. The highest BCUT2D eigenvalue weighted by Gasteiger charge is 2.17. The van der Waals surface area contributed by atoms with Crippen LogP contribution in [0.25, 0.3) is 98.8 Å². The van der Waals surface area contributed by atoms with E-state index in [0.717, 1.165) is 55.0 Å². The summed E-state index contributed by atoms with van der Waals surface area (Å²) in [4.78, 5) is 0. The number of para-hydroxylation sites is 1. The fraction of sp³-hybridized carbons (Fsp3) is 0. The molecule has 1 nitrogen and oxygen atoms in total. The Labute approximate surface area is 302 Å². The van der Waals surface area contributed by atoms with Gasteiger partial charge in [0.05, 0.1) is 17.8 Å². The Kier molecular flexibility index (Phi) is 3.99. The van der Waals surface area contributed by atoms with Gasteiger partial charge in [0.1, 0.15) is 11.2 Å². The van der Waals surface area contributed by atoms with Crippen LogP contribution in [0.5, 0.6) is 0 Å². The van der Waals surface area contributed by atoms with Crippen LogP contribution in [0.1, 0.15) is 17.8 Å². The summed E-state index contributed by atoms with van der Waals surface area (Å²) in [6.45, 7) is 0. The van der Waals surface area contributed by atoms with Crippen LogP contribution >= 0.6 is 0 Å². The number of hydrogen-bond donors (Lipinski definition) is 0. The van der Waals surface area contributed by atoms with E-state index < -0.39 is 84.1 Å². The molecule has 1 heteroatoms. The van der Waals surface area contributed by atoms with E-state index in [4.69, 9.17) is 16.8 Å². The summed E-state index contributed by atoms with van der Waals surface area (Å²) in [6.07, 6.45) is 0. The van der Waals surface area contributed by atoms with E-state index >= 15 is 0 Å². The average molecular weight is 636 g/mol. The first kappa shape index (κ1) is 17.6. The van der Waals surface area contributed by atoms with E-state index in [0.29, 0.717) is 5.56 Å². The Balaban J connectivity index is 1.22. The zero-order valence-electron chi connectivity index (χ0n) is 38.7. The van der Waals surface area contributed by atoms with E-state index in [9.17, 15) is 5.48 Å². The van der Waals surface area contributed by atoms with Crippen molar-refractivity contribution in [2.45, 2.75) is 0 Å². The topological polar surface area (TPSA) is 13.1 Å². The van der Waals surface area contributed by atoms with Crippen LogP contribution in [0.2, 0.25) is 0 Å². The maximum Gasteiger partial charge on any atom is 0.143 e. The molecule has 0 amide bonds. The van der Waals surface area contributed by atoms with Gasteiger partial charge in [-0.05, 0) is 95.5 Å². The van der Waals surface area contributed by atoms with Crippen molar-refractivity contribution >= 4 is 54.3 Å². The van der Waals surface area contributed by atoms with Crippen molar-refractivity contribution in [1.82, 2.24) is 0 Å². The molecule has 0 unspecified atom stereocenters. The molecule has 0 aliphatic heterocycles. The number of rotatable bonds is 4. The fourth-order valence-electron chi connectivity index (χ4n) is 6.94. The SMILES string of the molecule is [2H]c1c([2H])c([2H])c(-c2c3c([2H])c([2H])c([2H])c([2H])c3c(-c3ccc4cc(-c5ccc6c(c5)oc5c(-c7ccccc7)cccc56)ccc4c3)c3c([2H])c([2H])c([2H])c([2H])c23)c([2H])c1[2H]. The Bertz CT molecular complexity index is 3510. The van der Waals surface area contributed by atoms with Crippen LogP contribution in [0.4, 0.5) is 0 Å². The van der Waals surface area contributed by atoms with Crippen molar-refractivity contribution < 1.29 is 22.2 Å². The summed E-state index contributed by atoms with van der Waals surface area (Å²) < 4.78 is 121. The molecule has 1 heterocycles. The summed E-state index contributed by atoms with van der Waals surface area (Å²) in [7, 11) is 0. The van der Waals surface area contributed by atoms with Gasteiger partial charge in [-0.3, -0.25) is 0 Å². The van der Waals surface area contributed by atoms with Crippen molar-refractivity contribution in [1.29, 1.82) is 0 Å². The highest BCUT2D eigenvalue weighted by molar-refractivity contribution is 6.21. The molecule has 0 radical (unpaired) electrons. The molecule has 10 rings (SSSR count). The average Bonchev–Trinajstić information content (AvgIpc) is 3.67. The number of benzene rings is 9. The predicted molar refractivity (Wildman–Crippen MR) is 208 cm³/mol. The van der Waals surface area contributed by atoms with Crippen LogP contribution in [0.3, 0.4) is 0 Å². The van der Waals surface area contributed by atoms with Gasteiger partial charge < -0.3 is 4.42 Å². The molecular weight excluding hydrogens is 593 g/mol. The molecule has 0 spiro atoms. The predicted octanol–water partition coefficient (Wildman–Crippen LogP) is 13.7. The third-order valence-corrected chi connectivity index (χ3v) is 9.17. The van der Waals surface area contributed by atoms with Crippen molar-refractivity contribution in [3.63, 3.8) is 0 Å². The minimum atomic E-state index is -0.711. The zero-order valence-corrected chi connectivity index (χ0v) is 25.7. The smallest absolute Gasteiger partial charge is 0.143 e. The lowest BCUT2D eigenvalue weighted by Crippen LogP contribution is -1.90. The Morgan fingerprint density at radius 1 is 0.367 bits per heavy atom. The van der Waals surface area contributed by atoms with Gasteiger partial charge in [-0.2, -0.15) is 0 Å². The molecule has 228 valence electrons. The third-order valence-electron chi connectivity index (χ3n) is 9.17. The number of hydrogen-bond acceptors (Lipinski definition) is 1. The van der Waals surface area contributed by atoms with Gasteiger partial charge >= 0.3 is 0 Å². The molecule has 0 N–H and O–H groups in total. The Morgan fingerprint density at radius 3 is 1.63 bits per heavy atom. The van der Waals surface area contributed by atoms with Crippen LogP contribution < -0.4 is 0 Å². The molecule has 10 aromatic rings. The third kappa shape index (κ3) is 4.47.